The lowest BCUT2D eigenvalue weighted by Gasteiger charge is -2.24. The molecule has 2 aromatic rings. The third kappa shape index (κ3) is 4.76. The van der Waals surface area contributed by atoms with E-state index < -0.39 is 10.0 Å². The van der Waals surface area contributed by atoms with E-state index in [1.54, 1.807) is 48.5 Å². The maximum absolute atomic E-state index is 13.2. The summed E-state index contributed by atoms with van der Waals surface area (Å²) in [4.78, 5) is 12.4. The molecule has 0 bridgehead atoms. The molecule has 0 fully saturated rings. The Morgan fingerprint density at radius 2 is 1.85 bits per heavy atom. The third-order valence-corrected chi connectivity index (χ3v) is 5.60. The zero-order valence-corrected chi connectivity index (χ0v) is 16.0. The van der Waals surface area contributed by atoms with E-state index in [1.807, 2.05) is 13.8 Å². The molecule has 0 spiro atoms. The van der Waals surface area contributed by atoms with Crippen molar-refractivity contribution in [2.24, 2.45) is 0 Å². The highest BCUT2D eigenvalue weighted by Gasteiger charge is 2.27. The van der Waals surface area contributed by atoms with Gasteiger partial charge in [-0.3, -0.25) is 9.10 Å². The maximum Gasteiger partial charge on any atom is 0.264 e. The summed E-state index contributed by atoms with van der Waals surface area (Å²) in [5, 5.41) is 2.72. The van der Waals surface area contributed by atoms with Gasteiger partial charge in [0.15, 0.2) is 0 Å². The third-order valence-electron chi connectivity index (χ3n) is 3.81. The minimum atomic E-state index is -3.90. The van der Waals surface area contributed by atoms with Crippen LogP contribution >= 0.6 is 0 Å². The monoisotopic (exact) mass is 376 g/mol. The number of anilines is 1. The van der Waals surface area contributed by atoms with Crippen LogP contribution < -0.4 is 14.4 Å². The van der Waals surface area contributed by atoms with Gasteiger partial charge in [-0.05, 0) is 37.6 Å². The number of carbonyl (C=O) groups is 1. The lowest BCUT2D eigenvalue weighted by atomic mass is 10.2. The Kier molecular flexibility index (Phi) is 6.63. The fourth-order valence-electron chi connectivity index (χ4n) is 2.37. The molecule has 0 aliphatic carbocycles. The van der Waals surface area contributed by atoms with E-state index in [-0.39, 0.29) is 17.3 Å². The first kappa shape index (κ1) is 19.8. The molecule has 7 heteroatoms. The van der Waals surface area contributed by atoms with Crippen LogP contribution in [0.25, 0.3) is 0 Å². The zero-order valence-electron chi connectivity index (χ0n) is 15.2. The summed E-state index contributed by atoms with van der Waals surface area (Å²) in [6.07, 6.45) is 0.773. The number of ether oxygens (including phenoxy) is 1. The van der Waals surface area contributed by atoms with Crippen molar-refractivity contribution in [3.05, 3.63) is 54.1 Å². The predicted octanol–water partition coefficient (Wildman–Crippen LogP) is 2.73. The number of sulfonamides is 1. The highest BCUT2D eigenvalue weighted by atomic mass is 32.2. The number of hydrogen-bond acceptors (Lipinski definition) is 4. The van der Waals surface area contributed by atoms with E-state index in [9.17, 15) is 13.2 Å². The van der Waals surface area contributed by atoms with Gasteiger partial charge < -0.3 is 10.1 Å². The number of rotatable bonds is 8. The number of aryl methyl sites for hydroxylation is 1. The first-order valence-electron chi connectivity index (χ1n) is 8.38. The van der Waals surface area contributed by atoms with Crippen LogP contribution in [0.4, 0.5) is 5.69 Å². The zero-order chi connectivity index (χ0) is 19.2. The van der Waals surface area contributed by atoms with E-state index in [1.165, 1.54) is 7.11 Å². The minimum absolute atomic E-state index is 0.134. The van der Waals surface area contributed by atoms with Crippen LogP contribution in [0.1, 0.15) is 18.9 Å². The maximum atomic E-state index is 13.2. The van der Waals surface area contributed by atoms with E-state index in [4.69, 9.17) is 4.74 Å². The molecule has 140 valence electrons. The highest BCUT2D eigenvalue weighted by molar-refractivity contribution is 7.92. The molecule has 0 aromatic heterocycles. The molecule has 0 unspecified atom stereocenters. The Morgan fingerprint density at radius 3 is 2.46 bits per heavy atom. The van der Waals surface area contributed by atoms with Crippen molar-refractivity contribution < 1.29 is 17.9 Å². The number of amides is 1. The highest BCUT2D eigenvalue weighted by Crippen LogP contribution is 2.27. The standard InChI is InChI=1S/C19H24N2O4S/c1-4-12-20-19(22)14-21(16-6-5-7-17(13-16)25-3)26(23,24)18-10-8-15(2)9-11-18/h5-11,13H,4,12,14H2,1-3H3,(H,20,22). The Labute approximate surface area is 154 Å². The van der Waals surface area contributed by atoms with Crippen LogP contribution in [0.5, 0.6) is 5.75 Å². The number of nitrogens with one attached hydrogen (secondary N) is 1. The van der Waals surface area contributed by atoms with Crippen LogP contribution in [-0.4, -0.2) is 34.5 Å². The van der Waals surface area contributed by atoms with Crippen molar-refractivity contribution in [1.29, 1.82) is 0 Å². The Hall–Kier alpha value is -2.54. The Balaban J connectivity index is 2.44. The van der Waals surface area contributed by atoms with Crippen LogP contribution in [0.3, 0.4) is 0 Å². The minimum Gasteiger partial charge on any atom is -0.497 e. The van der Waals surface area contributed by atoms with Crippen LogP contribution in [0.15, 0.2) is 53.4 Å². The summed E-state index contributed by atoms with van der Waals surface area (Å²) >= 11 is 0. The van der Waals surface area contributed by atoms with E-state index >= 15 is 0 Å². The molecule has 2 rings (SSSR count). The fraction of sp³-hybridized carbons (Fsp3) is 0.316. The van der Waals surface area contributed by atoms with Gasteiger partial charge in [0.1, 0.15) is 12.3 Å². The van der Waals surface area contributed by atoms with Crippen LogP contribution in [0, 0.1) is 6.92 Å². The van der Waals surface area contributed by atoms with Crippen molar-refractivity contribution >= 4 is 21.6 Å². The number of carbonyl (C=O) groups excluding carboxylic acids is 1. The largest absolute Gasteiger partial charge is 0.497 e. The SMILES string of the molecule is CCCNC(=O)CN(c1cccc(OC)c1)S(=O)(=O)c1ccc(C)cc1. The number of methoxy groups -OCH3 is 1. The molecular formula is C19H24N2O4S. The second-order valence-electron chi connectivity index (χ2n) is 5.88. The van der Waals surface area contributed by atoms with Gasteiger partial charge >= 0.3 is 0 Å². The molecular weight excluding hydrogens is 352 g/mol. The molecule has 0 saturated heterocycles. The predicted molar refractivity (Wildman–Crippen MR) is 102 cm³/mol. The van der Waals surface area contributed by atoms with Gasteiger partial charge in [-0.25, -0.2) is 8.42 Å². The summed E-state index contributed by atoms with van der Waals surface area (Å²) in [6.45, 7) is 4.01. The summed E-state index contributed by atoms with van der Waals surface area (Å²) < 4.78 is 32.6. The summed E-state index contributed by atoms with van der Waals surface area (Å²) in [5.41, 5.74) is 1.33. The molecule has 1 amide bonds. The Morgan fingerprint density at radius 1 is 1.15 bits per heavy atom. The average molecular weight is 376 g/mol. The summed E-state index contributed by atoms with van der Waals surface area (Å²) in [5.74, 6) is 0.158. The van der Waals surface area contributed by atoms with Crippen LogP contribution in [-0.2, 0) is 14.8 Å². The van der Waals surface area contributed by atoms with Crippen molar-refractivity contribution in [1.82, 2.24) is 5.32 Å². The van der Waals surface area contributed by atoms with Gasteiger partial charge in [0, 0.05) is 12.6 Å². The molecule has 26 heavy (non-hydrogen) atoms. The van der Waals surface area contributed by atoms with Gasteiger partial charge in [0.25, 0.3) is 10.0 Å². The number of benzene rings is 2. The second-order valence-corrected chi connectivity index (χ2v) is 7.74. The fourth-order valence-corrected chi connectivity index (χ4v) is 3.78. The van der Waals surface area contributed by atoms with Crippen molar-refractivity contribution in [3.8, 4) is 5.75 Å². The van der Waals surface area contributed by atoms with Gasteiger partial charge in [-0.15, -0.1) is 0 Å². The normalized spacial score (nSPS) is 11.0. The van der Waals surface area contributed by atoms with Gasteiger partial charge in [0.2, 0.25) is 5.91 Å². The Bertz CT molecular complexity index is 848. The number of nitrogens with zero attached hydrogens (tertiary/aromatic N) is 1. The first-order valence-corrected chi connectivity index (χ1v) is 9.82. The van der Waals surface area contributed by atoms with Crippen molar-refractivity contribution in [2.45, 2.75) is 25.2 Å². The molecule has 1 N–H and O–H groups in total. The smallest absolute Gasteiger partial charge is 0.264 e. The number of hydrogen-bond donors (Lipinski definition) is 1. The topological polar surface area (TPSA) is 75.7 Å². The van der Waals surface area contributed by atoms with E-state index in [0.29, 0.717) is 18.0 Å². The van der Waals surface area contributed by atoms with Gasteiger partial charge in [-0.2, -0.15) is 0 Å². The summed E-state index contributed by atoms with van der Waals surface area (Å²) in [6, 6.07) is 13.2. The molecule has 0 saturated carbocycles. The van der Waals surface area contributed by atoms with Crippen molar-refractivity contribution in [2.75, 3.05) is 24.5 Å². The van der Waals surface area contributed by atoms with Crippen LogP contribution in [0.2, 0.25) is 0 Å². The average Bonchev–Trinajstić information content (AvgIpc) is 2.64. The lowest BCUT2D eigenvalue weighted by Crippen LogP contribution is -2.41. The quantitative estimate of drug-likeness (QED) is 0.769. The van der Waals surface area contributed by atoms with Gasteiger partial charge in [0.05, 0.1) is 17.7 Å². The van der Waals surface area contributed by atoms with E-state index in [2.05, 4.69) is 5.32 Å². The molecule has 0 heterocycles. The molecule has 0 radical (unpaired) electrons. The van der Waals surface area contributed by atoms with Crippen molar-refractivity contribution in [3.63, 3.8) is 0 Å². The molecule has 0 aliphatic heterocycles. The first-order chi connectivity index (χ1) is 12.4. The van der Waals surface area contributed by atoms with E-state index in [0.717, 1.165) is 16.3 Å². The van der Waals surface area contributed by atoms with Gasteiger partial charge in [-0.1, -0.05) is 30.7 Å². The molecule has 6 nitrogen and oxygen atoms in total. The lowest BCUT2D eigenvalue weighted by molar-refractivity contribution is -0.119. The molecule has 2 aromatic carbocycles. The second kappa shape index (κ2) is 8.71. The molecule has 0 atom stereocenters. The summed E-state index contributed by atoms with van der Waals surface area (Å²) in [7, 11) is -2.39. The molecule has 0 aliphatic rings.